The Morgan fingerprint density at radius 3 is 1.72 bits per heavy atom. The Kier molecular flexibility index (Phi) is 12.3. The zero-order valence-corrected chi connectivity index (χ0v) is 25.8. The molecule has 1 atom stereocenters. The third kappa shape index (κ3) is 9.05. The number of aliphatic imine (C=N–C) groups is 5. The van der Waals surface area contributed by atoms with Crippen molar-refractivity contribution in [2.75, 3.05) is 19.6 Å². The third-order valence-electron chi connectivity index (χ3n) is 6.28. The number of thiocarbonyl (C=S) groups is 1. The molecule has 1 aliphatic rings. The van der Waals surface area contributed by atoms with Gasteiger partial charge < -0.3 is 0 Å². The first-order chi connectivity index (χ1) is 18.4. The fourth-order valence-corrected chi connectivity index (χ4v) is 4.22. The van der Waals surface area contributed by atoms with E-state index in [4.69, 9.17) is 42.2 Å². The maximum Gasteiger partial charge on any atom is 3.00 e. The minimum Gasteiger partial charge on any atom is -0.286 e. The van der Waals surface area contributed by atoms with Gasteiger partial charge in [0, 0.05) is 0 Å². The van der Waals surface area contributed by atoms with Crippen LogP contribution < -0.4 is 0 Å². The van der Waals surface area contributed by atoms with Crippen molar-refractivity contribution in [3.8, 4) is 0 Å². The van der Waals surface area contributed by atoms with Crippen molar-refractivity contribution in [1.29, 1.82) is 0 Å². The SMILES string of the molecule is CC1=NCCN=C(C)c2cccc(n2)C(C)=NC(Cc2ccc(N=C=S)cc2)CN=C(C)c2cccc1n2.[Eu+3]. The second kappa shape index (κ2) is 15.4. The summed E-state index contributed by atoms with van der Waals surface area (Å²) in [6.45, 7) is 9.64. The smallest absolute Gasteiger partial charge is 0.286 e. The van der Waals surface area contributed by atoms with Gasteiger partial charge in [-0.3, -0.25) is 20.0 Å². The number of aromatic nitrogens is 2. The van der Waals surface area contributed by atoms with E-state index in [2.05, 4.69) is 10.2 Å². The van der Waals surface area contributed by atoms with Crippen molar-refractivity contribution in [1.82, 2.24) is 9.97 Å². The Bertz CT molecular complexity index is 1470. The van der Waals surface area contributed by atoms with Crippen molar-refractivity contribution in [2.45, 2.75) is 40.2 Å². The molecule has 1 aromatic carbocycles. The molecule has 7 nitrogen and oxygen atoms in total. The molecule has 2 aromatic heterocycles. The first kappa shape index (κ1) is 31.1. The van der Waals surface area contributed by atoms with Crippen molar-refractivity contribution < 1.29 is 49.4 Å². The quantitative estimate of drug-likeness (QED) is 0.261. The Morgan fingerprint density at radius 1 is 0.718 bits per heavy atom. The van der Waals surface area contributed by atoms with Gasteiger partial charge in [0.25, 0.3) is 0 Å². The number of benzene rings is 1. The van der Waals surface area contributed by atoms with Crippen LogP contribution in [0.1, 0.15) is 56.0 Å². The van der Waals surface area contributed by atoms with E-state index in [0.717, 1.165) is 63.3 Å². The number of isothiocyanates is 1. The Balaban J connectivity index is 0.00000420. The van der Waals surface area contributed by atoms with Crippen LogP contribution >= 0.6 is 12.2 Å². The fourth-order valence-electron chi connectivity index (χ4n) is 4.12. The summed E-state index contributed by atoms with van der Waals surface area (Å²) in [7, 11) is 0. The fraction of sp³-hybridized carbons (Fsp3) is 0.300. The van der Waals surface area contributed by atoms with Crippen LogP contribution in [0, 0.1) is 49.4 Å². The first-order valence-corrected chi connectivity index (χ1v) is 13.0. The summed E-state index contributed by atoms with van der Waals surface area (Å²) in [6.07, 6.45) is 0.717. The molecule has 196 valence electrons. The average Bonchev–Trinajstić information content (AvgIpc) is 2.94. The standard InChI is InChI=1S/C30H31N7S.Eu/c1-20-27-7-5-9-29(36-27)22(3)33-18-26(17-24-11-13-25(14-12-24)34-19-38)35-23(4)30-10-6-8-28(37-30)21(2)32-16-15-31-20;/h5-14,26H,15-18H2,1-4H3;/q;+3. The van der Waals surface area contributed by atoms with Gasteiger partial charge in [0.15, 0.2) is 0 Å². The van der Waals surface area contributed by atoms with Crippen molar-refractivity contribution in [2.24, 2.45) is 25.0 Å². The van der Waals surface area contributed by atoms with E-state index in [-0.39, 0.29) is 55.4 Å². The Labute approximate surface area is 276 Å². The largest absolute Gasteiger partial charge is 3.00 e. The Morgan fingerprint density at radius 2 is 1.21 bits per heavy atom. The monoisotopic (exact) mass is 674 g/mol. The summed E-state index contributed by atoms with van der Waals surface area (Å²) in [5, 5.41) is 2.41. The molecule has 0 saturated carbocycles. The molecule has 0 amide bonds. The van der Waals surface area contributed by atoms with Crippen LogP contribution in [0.25, 0.3) is 0 Å². The van der Waals surface area contributed by atoms with Crippen molar-refractivity contribution >= 4 is 45.9 Å². The summed E-state index contributed by atoms with van der Waals surface area (Å²) in [6, 6.07) is 19.8. The molecule has 0 N–H and O–H groups in total. The average molecular weight is 674 g/mol. The third-order valence-corrected chi connectivity index (χ3v) is 6.37. The minimum absolute atomic E-state index is 0. The molecule has 0 spiro atoms. The van der Waals surface area contributed by atoms with E-state index >= 15 is 0 Å². The number of hydrogen-bond acceptors (Lipinski definition) is 8. The van der Waals surface area contributed by atoms with Gasteiger partial charge in [0.05, 0.1) is 82.1 Å². The molecule has 0 saturated heterocycles. The molecule has 4 bridgehead atoms. The molecule has 1 unspecified atom stereocenters. The van der Waals surface area contributed by atoms with Crippen LogP contribution in [0.3, 0.4) is 0 Å². The van der Waals surface area contributed by atoms with E-state index in [1.807, 2.05) is 88.4 Å². The Hall–Kier alpha value is -2.42. The maximum absolute atomic E-state index is 5.09. The van der Waals surface area contributed by atoms with E-state index < -0.39 is 0 Å². The molecule has 39 heavy (non-hydrogen) atoms. The molecule has 0 fully saturated rings. The van der Waals surface area contributed by atoms with Gasteiger partial charge in [0.1, 0.15) is 0 Å². The van der Waals surface area contributed by atoms with Gasteiger partial charge in [-0.1, -0.05) is 24.3 Å². The van der Waals surface area contributed by atoms with E-state index in [1.54, 1.807) is 0 Å². The normalized spacial score (nSPS) is 16.2. The van der Waals surface area contributed by atoms with Crippen LogP contribution in [0.15, 0.2) is 85.6 Å². The number of pyridine rings is 2. The zero-order valence-electron chi connectivity index (χ0n) is 22.6. The first-order valence-electron chi connectivity index (χ1n) is 12.6. The van der Waals surface area contributed by atoms with Gasteiger partial charge >= 0.3 is 49.4 Å². The maximum atomic E-state index is 5.09. The second-order valence-corrected chi connectivity index (χ2v) is 9.30. The van der Waals surface area contributed by atoms with Crippen LogP contribution in [0.5, 0.6) is 0 Å². The van der Waals surface area contributed by atoms with Gasteiger partial charge in [-0.2, -0.15) is 4.99 Å². The molecule has 0 aliphatic carbocycles. The summed E-state index contributed by atoms with van der Waals surface area (Å²) in [4.78, 5) is 33.1. The summed E-state index contributed by atoms with van der Waals surface area (Å²) < 4.78 is 0. The molecule has 4 rings (SSSR count). The topological polar surface area (TPSA) is 87.6 Å². The molecule has 3 aromatic rings. The van der Waals surface area contributed by atoms with Gasteiger partial charge in [-0.25, -0.2) is 9.97 Å². The molecule has 3 heterocycles. The van der Waals surface area contributed by atoms with Crippen LogP contribution in [-0.2, 0) is 6.42 Å². The number of nitrogens with zero attached hydrogens (tertiary/aromatic N) is 7. The van der Waals surface area contributed by atoms with E-state index in [0.29, 0.717) is 19.6 Å². The van der Waals surface area contributed by atoms with Crippen molar-refractivity contribution in [3.05, 3.63) is 89.0 Å². The zero-order chi connectivity index (χ0) is 26.9. The van der Waals surface area contributed by atoms with E-state index in [1.165, 1.54) is 0 Å². The predicted molar refractivity (Wildman–Crippen MR) is 161 cm³/mol. The molecule has 1 aliphatic heterocycles. The van der Waals surface area contributed by atoms with Crippen molar-refractivity contribution in [3.63, 3.8) is 0 Å². The summed E-state index contributed by atoms with van der Waals surface area (Å²) >= 11 is 4.72. The van der Waals surface area contributed by atoms with Gasteiger partial charge in [-0.15, -0.1) is 0 Å². The van der Waals surface area contributed by atoms with Crippen LogP contribution in [0.2, 0.25) is 0 Å². The van der Waals surface area contributed by atoms with Gasteiger partial charge in [-0.05, 0) is 88.3 Å². The predicted octanol–water partition coefficient (Wildman–Crippen LogP) is 5.77. The molecule has 0 radical (unpaired) electrons. The summed E-state index contributed by atoms with van der Waals surface area (Å²) in [5.74, 6) is 0. The minimum atomic E-state index is -0.0876. The molecular weight excluding hydrogens is 642 g/mol. The number of hydrogen-bond donors (Lipinski definition) is 0. The molecule has 9 heteroatoms. The molecular formula is C30H31EuN7S+3. The van der Waals surface area contributed by atoms with Gasteiger partial charge in [0.2, 0.25) is 0 Å². The van der Waals surface area contributed by atoms with Crippen LogP contribution in [0.4, 0.5) is 5.69 Å². The van der Waals surface area contributed by atoms with Crippen LogP contribution in [-0.4, -0.2) is 63.7 Å². The summed E-state index contributed by atoms with van der Waals surface area (Å²) in [5.41, 5.74) is 8.77. The number of fused-ring (bicyclic) bond motifs is 4. The number of rotatable bonds is 3. The second-order valence-electron chi connectivity index (χ2n) is 9.12. The van der Waals surface area contributed by atoms with E-state index in [9.17, 15) is 0 Å².